The van der Waals surface area contributed by atoms with Crippen LogP contribution in [0.3, 0.4) is 0 Å². The van der Waals surface area contributed by atoms with Crippen molar-refractivity contribution in [3.8, 4) is 0 Å². The number of thioether (sulfide) groups is 1. The lowest BCUT2D eigenvalue weighted by atomic mass is 10.2. The Bertz CT molecular complexity index is 387. The third-order valence-electron chi connectivity index (χ3n) is 2.02. The van der Waals surface area contributed by atoms with E-state index in [0.717, 1.165) is 5.75 Å². The van der Waals surface area contributed by atoms with Crippen LogP contribution in [0.25, 0.3) is 0 Å². The molecule has 0 saturated heterocycles. The molecule has 1 atom stereocenters. The Kier molecular flexibility index (Phi) is 2.69. The molecule has 1 aliphatic heterocycles. The maximum Gasteiger partial charge on any atom is 0.481 e. The summed E-state index contributed by atoms with van der Waals surface area (Å²) in [6.07, 6.45) is -4.37. The molecule has 1 aromatic rings. The molecule has 8 heteroatoms. The summed E-state index contributed by atoms with van der Waals surface area (Å²) in [5, 5.41) is 6.14. The van der Waals surface area contributed by atoms with Gasteiger partial charge in [0.25, 0.3) is 0 Å². The van der Waals surface area contributed by atoms with E-state index in [1.165, 1.54) is 16.3 Å². The van der Waals surface area contributed by atoms with Crippen LogP contribution in [-0.4, -0.2) is 19.4 Å². The summed E-state index contributed by atoms with van der Waals surface area (Å²) >= 11 is 3.53. The fraction of sp³-hybridized carbons (Fsp3) is 0.714. The zero-order valence-corrected chi connectivity index (χ0v) is 10.7. The van der Waals surface area contributed by atoms with Gasteiger partial charge in [-0.2, -0.15) is 13.2 Å². The molecule has 0 saturated carbocycles. The van der Waals surface area contributed by atoms with Crippen LogP contribution in [0.4, 0.5) is 13.2 Å². The number of hydrogen-bond donors (Lipinski definition) is 1. The van der Waals surface area contributed by atoms with Gasteiger partial charge in [-0.15, -0.1) is 5.10 Å². The number of halogens is 4. The standard InChI is InChI=1S/C7H7F3IN3S/c1-6(11)2-14-4(7(8,9)10)12-13-5(14)15-3-6/h2-3H2,1H3/p+1. The normalized spacial score (nSPS) is 26.5. The fourth-order valence-corrected chi connectivity index (χ4v) is 3.13. The van der Waals surface area contributed by atoms with E-state index < -0.39 is 12.0 Å². The molecule has 84 valence electrons. The molecule has 0 fully saturated rings. The highest BCUT2D eigenvalue weighted by molar-refractivity contribution is 14.1. The highest BCUT2D eigenvalue weighted by Crippen LogP contribution is 2.34. The maximum absolute atomic E-state index is 12.6. The Hall–Kier alpha value is 0.0100. The first-order valence-electron chi connectivity index (χ1n) is 4.17. The maximum atomic E-state index is 12.6. The molecule has 0 amide bonds. The summed E-state index contributed by atoms with van der Waals surface area (Å²) in [6, 6.07) is 0. The summed E-state index contributed by atoms with van der Waals surface area (Å²) < 4.78 is 38.7. The lowest BCUT2D eigenvalue weighted by Crippen LogP contribution is -2.52. The number of H-pyrrole nitrogens is 1. The second-order valence-corrected chi connectivity index (χ2v) is 7.19. The molecule has 1 aliphatic rings. The smallest absolute Gasteiger partial charge is 0.213 e. The number of aromatic nitrogens is 3. The number of aromatic amines is 1. The second kappa shape index (κ2) is 3.51. The van der Waals surface area contributed by atoms with Crippen LogP contribution in [0.2, 0.25) is 0 Å². The van der Waals surface area contributed by atoms with Crippen molar-refractivity contribution < 1.29 is 17.7 Å². The van der Waals surface area contributed by atoms with Gasteiger partial charge < -0.3 is 0 Å². The van der Waals surface area contributed by atoms with Gasteiger partial charge in [-0.3, -0.25) is 0 Å². The number of fused-ring (bicyclic) bond motifs is 1. The molecule has 1 N–H and O–H groups in total. The van der Waals surface area contributed by atoms with Crippen molar-refractivity contribution in [2.75, 3.05) is 5.75 Å². The van der Waals surface area contributed by atoms with Crippen molar-refractivity contribution in [3.05, 3.63) is 5.82 Å². The lowest BCUT2D eigenvalue weighted by Gasteiger charge is -2.24. The summed E-state index contributed by atoms with van der Waals surface area (Å²) in [7, 11) is 0. The highest BCUT2D eigenvalue weighted by Gasteiger charge is 2.46. The fourth-order valence-electron chi connectivity index (χ4n) is 1.38. The van der Waals surface area contributed by atoms with E-state index in [0.29, 0.717) is 11.7 Å². The highest BCUT2D eigenvalue weighted by atomic mass is 127. The predicted octanol–water partition coefficient (Wildman–Crippen LogP) is 2.02. The molecule has 1 unspecified atom stereocenters. The number of hydrogen-bond acceptors (Lipinski definition) is 2. The predicted molar refractivity (Wildman–Crippen MR) is 56.9 cm³/mol. The second-order valence-electron chi connectivity index (χ2n) is 3.64. The molecule has 0 aromatic carbocycles. The Morgan fingerprint density at radius 3 is 2.87 bits per heavy atom. The molecule has 15 heavy (non-hydrogen) atoms. The van der Waals surface area contributed by atoms with Crippen molar-refractivity contribution >= 4 is 34.4 Å². The van der Waals surface area contributed by atoms with Crippen molar-refractivity contribution in [1.29, 1.82) is 0 Å². The Morgan fingerprint density at radius 2 is 2.27 bits per heavy atom. The van der Waals surface area contributed by atoms with Crippen LogP contribution in [-0.2, 0) is 12.7 Å². The SMILES string of the molecule is CC1(I)CSc2n[nH]c(C(F)(F)F)[n+]2C1. The van der Waals surface area contributed by atoms with E-state index in [4.69, 9.17) is 0 Å². The van der Waals surface area contributed by atoms with Gasteiger partial charge in [0.1, 0.15) is 0 Å². The van der Waals surface area contributed by atoms with Crippen LogP contribution in [0.1, 0.15) is 12.7 Å². The minimum Gasteiger partial charge on any atom is -0.213 e. The summed E-state index contributed by atoms with van der Waals surface area (Å²) in [4.78, 5) is 0. The van der Waals surface area contributed by atoms with E-state index >= 15 is 0 Å². The van der Waals surface area contributed by atoms with Gasteiger partial charge in [0.05, 0.1) is 15.1 Å². The molecule has 2 rings (SSSR count). The number of rotatable bonds is 0. The van der Waals surface area contributed by atoms with Crippen molar-refractivity contribution in [3.63, 3.8) is 0 Å². The van der Waals surface area contributed by atoms with Crippen LogP contribution in [0.5, 0.6) is 0 Å². The van der Waals surface area contributed by atoms with Crippen molar-refractivity contribution in [2.45, 2.75) is 28.2 Å². The van der Waals surface area contributed by atoms with Gasteiger partial charge in [-0.05, 0) is 18.7 Å². The van der Waals surface area contributed by atoms with Gasteiger partial charge in [0, 0.05) is 5.75 Å². The molecular formula is C7H8F3IN3S+. The Labute approximate surface area is 102 Å². The Balaban J connectivity index is 2.43. The van der Waals surface area contributed by atoms with E-state index in [1.807, 2.05) is 6.92 Å². The monoisotopic (exact) mass is 350 g/mol. The first-order valence-corrected chi connectivity index (χ1v) is 6.23. The molecule has 0 bridgehead atoms. The van der Waals surface area contributed by atoms with E-state index in [2.05, 4.69) is 32.8 Å². The largest absolute Gasteiger partial charge is 0.481 e. The van der Waals surface area contributed by atoms with Crippen LogP contribution < -0.4 is 4.57 Å². The van der Waals surface area contributed by atoms with Crippen LogP contribution in [0.15, 0.2) is 5.16 Å². The minimum atomic E-state index is -4.37. The quantitative estimate of drug-likeness (QED) is 0.441. The summed E-state index contributed by atoms with van der Waals surface area (Å²) in [5.41, 5.74) is 0. The summed E-state index contributed by atoms with van der Waals surface area (Å²) in [6.45, 7) is 2.27. The molecule has 0 aliphatic carbocycles. The minimum absolute atomic E-state index is 0.163. The van der Waals surface area contributed by atoms with E-state index in [9.17, 15) is 13.2 Å². The number of nitrogens with one attached hydrogen (secondary N) is 1. The van der Waals surface area contributed by atoms with Crippen LogP contribution in [0, 0.1) is 0 Å². The first kappa shape index (κ1) is 11.5. The molecule has 2 heterocycles. The molecular weight excluding hydrogens is 342 g/mol. The molecule has 0 radical (unpaired) electrons. The van der Waals surface area contributed by atoms with E-state index in [-0.39, 0.29) is 3.42 Å². The lowest BCUT2D eigenvalue weighted by molar-refractivity contribution is -0.752. The van der Waals surface area contributed by atoms with E-state index in [1.54, 1.807) is 0 Å². The zero-order valence-electron chi connectivity index (χ0n) is 7.73. The number of alkyl halides is 4. The first-order chi connectivity index (χ1) is 6.80. The third-order valence-corrected chi connectivity index (χ3v) is 4.61. The van der Waals surface area contributed by atoms with Crippen molar-refractivity contribution in [1.82, 2.24) is 10.2 Å². The van der Waals surface area contributed by atoms with Gasteiger partial charge in [-0.25, -0.2) is 4.57 Å². The zero-order chi connectivity index (χ0) is 11.3. The van der Waals surface area contributed by atoms with Gasteiger partial charge in [0.15, 0.2) is 0 Å². The average molecular weight is 350 g/mol. The molecule has 1 aromatic heterocycles. The number of nitrogens with zero attached hydrogens (tertiary/aromatic N) is 2. The Morgan fingerprint density at radius 1 is 1.60 bits per heavy atom. The summed E-state index contributed by atoms with van der Waals surface area (Å²) in [5.74, 6) is 0.00277. The van der Waals surface area contributed by atoms with Gasteiger partial charge in [0.2, 0.25) is 0 Å². The third kappa shape index (κ3) is 2.24. The van der Waals surface area contributed by atoms with Gasteiger partial charge >= 0.3 is 17.2 Å². The average Bonchev–Trinajstić information content (AvgIpc) is 2.43. The van der Waals surface area contributed by atoms with Gasteiger partial charge in [-0.1, -0.05) is 22.6 Å². The molecule has 3 nitrogen and oxygen atoms in total. The topological polar surface area (TPSA) is 32.6 Å². The molecule has 0 spiro atoms. The van der Waals surface area contributed by atoms with Crippen molar-refractivity contribution in [2.24, 2.45) is 0 Å². The van der Waals surface area contributed by atoms with Crippen LogP contribution >= 0.6 is 34.4 Å².